The van der Waals surface area contributed by atoms with E-state index in [1.165, 1.54) is 10.3 Å². The van der Waals surface area contributed by atoms with Crippen LogP contribution in [0.15, 0.2) is 48.5 Å². The number of benzene rings is 2. The maximum Gasteiger partial charge on any atom is 0.319 e. The molecule has 0 saturated carbocycles. The van der Waals surface area contributed by atoms with Gasteiger partial charge in [0.1, 0.15) is 0 Å². The number of urea groups is 1. The van der Waals surface area contributed by atoms with Crippen molar-refractivity contribution in [1.29, 1.82) is 0 Å². The molecule has 0 aliphatic carbocycles. The number of aromatic nitrogens is 1. The van der Waals surface area contributed by atoms with Gasteiger partial charge in [0.25, 0.3) is 0 Å². The average Bonchev–Trinajstić information content (AvgIpc) is 3.11. The number of fused-ring (bicyclic) bond motifs is 1. The quantitative estimate of drug-likeness (QED) is 0.634. The van der Waals surface area contributed by atoms with Crippen molar-refractivity contribution in [1.82, 2.24) is 15.6 Å². The number of hydrogen-bond donors (Lipinski definition) is 3. The van der Waals surface area contributed by atoms with Crippen LogP contribution in [0.25, 0.3) is 10.2 Å². The Kier molecular flexibility index (Phi) is 5.62. The second kappa shape index (κ2) is 8.47. The minimum Gasteiger partial charge on any atom is -0.378 e. The Morgan fingerprint density at radius 2 is 2.07 bits per heavy atom. The summed E-state index contributed by atoms with van der Waals surface area (Å²) in [5, 5.41) is 10.1. The zero-order chi connectivity index (χ0) is 18.5. The smallest absolute Gasteiger partial charge is 0.319 e. The minimum atomic E-state index is -0.207. The number of nitrogens with one attached hydrogen (secondary N) is 3. The Balaban J connectivity index is 1.29. The van der Waals surface area contributed by atoms with Crippen LogP contribution in [0.5, 0.6) is 0 Å². The summed E-state index contributed by atoms with van der Waals surface area (Å²) in [6, 6.07) is 16.0. The van der Waals surface area contributed by atoms with E-state index in [9.17, 15) is 4.79 Å². The van der Waals surface area contributed by atoms with Gasteiger partial charge in [0.15, 0.2) is 0 Å². The molecule has 1 saturated heterocycles. The van der Waals surface area contributed by atoms with Gasteiger partial charge in [-0.3, -0.25) is 0 Å². The third kappa shape index (κ3) is 4.82. The fourth-order valence-corrected chi connectivity index (χ4v) is 4.02. The molecule has 7 heteroatoms. The van der Waals surface area contributed by atoms with Crippen molar-refractivity contribution in [3.63, 3.8) is 0 Å². The molecule has 0 radical (unpaired) electrons. The lowest BCUT2D eigenvalue weighted by Crippen LogP contribution is -2.49. The Bertz CT molecular complexity index is 871. The molecule has 2 aromatic carbocycles. The van der Waals surface area contributed by atoms with Crippen LogP contribution in [0, 0.1) is 0 Å². The van der Waals surface area contributed by atoms with Gasteiger partial charge < -0.3 is 20.7 Å². The van der Waals surface area contributed by atoms with Crippen molar-refractivity contribution in [2.24, 2.45) is 0 Å². The molecule has 3 N–H and O–H groups in total. The van der Waals surface area contributed by atoms with Gasteiger partial charge in [0.2, 0.25) is 0 Å². The normalized spacial score (nSPS) is 17.0. The number of para-hydroxylation sites is 1. The van der Waals surface area contributed by atoms with Crippen molar-refractivity contribution in [3.8, 4) is 0 Å². The van der Waals surface area contributed by atoms with E-state index in [0.29, 0.717) is 13.2 Å². The topological polar surface area (TPSA) is 75.3 Å². The second-order valence-electron chi connectivity index (χ2n) is 6.51. The molecule has 1 aromatic heterocycles. The SMILES string of the molecule is O=C(NCC1COCCN1)Nc1ccc(Cc2nc3ccccc3s2)cc1. The first-order valence-electron chi connectivity index (χ1n) is 9.06. The molecule has 1 fully saturated rings. The number of rotatable bonds is 5. The highest BCUT2D eigenvalue weighted by atomic mass is 32.1. The van der Waals surface area contributed by atoms with Crippen LogP contribution in [0.4, 0.5) is 10.5 Å². The Hall–Kier alpha value is -2.48. The Morgan fingerprint density at radius 3 is 2.85 bits per heavy atom. The summed E-state index contributed by atoms with van der Waals surface area (Å²) >= 11 is 1.72. The molecule has 1 unspecified atom stereocenters. The highest BCUT2D eigenvalue weighted by molar-refractivity contribution is 7.18. The molecule has 0 spiro atoms. The van der Waals surface area contributed by atoms with Crippen LogP contribution in [0.3, 0.4) is 0 Å². The van der Waals surface area contributed by atoms with E-state index in [0.717, 1.165) is 35.8 Å². The van der Waals surface area contributed by atoms with E-state index in [-0.39, 0.29) is 12.1 Å². The second-order valence-corrected chi connectivity index (χ2v) is 7.63. The van der Waals surface area contributed by atoms with Crippen LogP contribution < -0.4 is 16.0 Å². The molecular formula is C20H22N4O2S. The molecule has 140 valence electrons. The molecule has 1 aliphatic heterocycles. The summed E-state index contributed by atoms with van der Waals surface area (Å²) in [6.07, 6.45) is 0.791. The van der Waals surface area contributed by atoms with E-state index in [1.807, 2.05) is 42.5 Å². The average molecular weight is 382 g/mol. The van der Waals surface area contributed by atoms with E-state index in [2.05, 4.69) is 27.0 Å². The van der Waals surface area contributed by atoms with Gasteiger partial charge in [-0.25, -0.2) is 9.78 Å². The highest BCUT2D eigenvalue weighted by Crippen LogP contribution is 2.24. The molecule has 0 bridgehead atoms. The minimum absolute atomic E-state index is 0.167. The first-order chi connectivity index (χ1) is 13.3. The van der Waals surface area contributed by atoms with Crippen LogP contribution in [-0.2, 0) is 11.2 Å². The number of thiazole rings is 1. The summed E-state index contributed by atoms with van der Waals surface area (Å²) in [4.78, 5) is 16.7. The summed E-state index contributed by atoms with van der Waals surface area (Å²) in [5.41, 5.74) is 2.99. The predicted octanol–water partition coefficient (Wildman–Crippen LogP) is 3.00. The van der Waals surface area contributed by atoms with Crippen LogP contribution >= 0.6 is 11.3 Å². The first-order valence-corrected chi connectivity index (χ1v) is 9.87. The van der Waals surface area contributed by atoms with Gasteiger partial charge >= 0.3 is 6.03 Å². The van der Waals surface area contributed by atoms with E-state index in [1.54, 1.807) is 11.3 Å². The van der Waals surface area contributed by atoms with E-state index < -0.39 is 0 Å². The zero-order valence-electron chi connectivity index (χ0n) is 14.9. The van der Waals surface area contributed by atoms with Crippen molar-refractivity contribution in [3.05, 3.63) is 59.1 Å². The molecule has 1 aliphatic rings. The molecule has 3 aromatic rings. The first kappa shape index (κ1) is 17.9. The van der Waals surface area contributed by atoms with Crippen molar-refractivity contribution in [2.45, 2.75) is 12.5 Å². The Labute approximate surface area is 162 Å². The van der Waals surface area contributed by atoms with Crippen LogP contribution in [0.2, 0.25) is 0 Å². The maximum absolute atomic E-state index is 12.0. The van der Waals surface area contributed by atoms with Gasteiger partial charge in [-0.2, -0.15) is 0 Å². The number of hydrogen-bond acceptors (Lipinski definition) is 5. The fraction of sp³-hybridized carbons (Fsp3) is 0.300. The zero-order valence-corrected chi connectivity index (χ0v) is 15.7. The summed E-state index contributed by atoms with van der Waals surface area (Å²) in [7, 11) is 0. The molecule has 6 nitrogen and oxygen atoms in total. The molecular weight excluding hydrogens is 360 g/mol. The monoisotopic (exact) mass is 382 g/mol. The summed E-state index contributed by atoms with van der Waals surface area (Å²) in [5.74, 6) is 0. The summed E-state index contributed by atoms with van der Waals surface area (Å²) < 4.78 is 6.58. The number of carbonyl (C=O) groups is 1. The van der Waals surface area contributed by atoms with Gasteiger partial charge in [-0.05, 0) is 29.8 Å². The van der Waals surface area contributed by atoms with Crippen molar-refractivity contribution >= 4 is 33.3 Å². The van der Waals surface area contributed by atoms with Gasteiger partial charge in [-0.1, -0.05) is 24.3 Å². The van der Waals surface area contributed by atoms with E-state index >= 15 is 0 Å². The van der Waals surface area contributed by atoms with Crippen LogP contribution in [-0.4, -0.2) is 43.4 Å². The maximum atomic E-state index is 12.0. The molecule has 2 amide bonds. The van der Waals surface area contributed by atoms with Crippen LogP contribution in [0.1, 0.15) is 10.6 Å². The number of anilines is 1. The highest BCUT2D eigenvalue weighted by Gasteiger charge is 2.13. The lowest BCUT2D eigenvalue weighted by molar-refractivity contribution is 0.0776. The van der Waals surface area contributed by atoms with Crippen molar-refractivity contribution < 1.29 is 9.53 Å². The predicted molar refractivity (Wildman–Crippen MR) is 108 cm³/mol. The Morgan fingerprint density at radius 1 is 1.22 bits per heavy atom. The lowest BCUT2D eigenvalue weighted by atomic mass is 10.1. The summed E-state index contributed by atoms with van der Waals surface area (Å²) in [6.45, 7) is 2.72. The number of amides is 2. The lowest BCUT2D eigenvalue weighted by Gasteiger charge is -2.23. The largest absolute Gasteiger partial charge is 0.378 e. The molecule has 4 rings (SSSR count). The molecule has 27 heavy (non-hydrogen) atoms. The fourth-order valence-electron chi connectivity index (χ4n) is 3.02. The van der Waals surface area contributed by atoms with Gasteiger partial charge in [-0.15, -0.1) is 11.3 Å². The van der Waals surface area contributed by atoms with Crippen molar-refractivity contribution in [2.75, 3.05) is 31.6 Å². The standard InChI is InChI=1S/C20H22N4O2S/c25-20(22-12-16-13-26-10-9-21-16)23-15-7-5-14(6-8-15)11-19-24-17-3-1-2-4-18(17)27-19/h1-8,16,21H,9-13H2,(H2,22,23,25). The number of ether oxygens (including phenoxy) is 1. The number of nitrogens with zero attached hydrogens (tertiary/aromatic N) is 1. The third-order valence-corrected chi connectivity index (χ3v) is 5.45. The number of carbonyl (C=O) groups excluding carboxylic acids is 1. The third-order valence-electron chi connectivity index (χ3n) is 4.41. The molecule has 2 heterocycles. The van der Waals surface area contributed by atoms with E-state index in [4.69, 9.17) is 4.74 Å². The van der Waals surface area contributed by atoms with Gasteiger partial charge in [0.05, 0.1) is 28.4 Å². The molecule has 1 atom stereocenters. The van der Waals surface area contributed by atoms with Gasteiger partial charge in [0, 0.05) is 31.2 Å². The number of morpholine rings is 1.